The van der Waals surface area contributed by atoms with Gasteiger partial charge < -0.3 is 9.64 Å². The number of tetrazole rings is 1. The van der Waals surface area contributed by atoms with Crippen LogP contribution in [0.15, 0.2) is 23.4 Å². The summed E-state index contributed by atoms with van der Waals surface area (Å²) in [5.74, 6) is 1.80. The van der Waals surface area contributed by atoms with E-state index < -0.39 is 0 Å². The van der Waals surface area contributed by atoms with Gasteiger partial charge in [0, 0.05) is 11.8 Å². The third kappa shape index (κ3) is 3.89. The molecule has 7 heteroatoms. The molecule has 0 aliphatic carbocycles. The first-order chi connectivity index (χ1) is 11.7. The topological polar surface area (TPSA) is 56.1 Å². The number of thioether (sulfide) groups is 1. The number of aromatic nitrogens is 4. The smallest absolute Gasteiger partial charge is 0.214 e. The van der Waals surface area contributed by atoms with E-state index in [0.29, 0.717) is 6.04 Å². The number of likely N-dealkylation sites (tertiary alicyclic amines) is 1. The first-order valence-electron chi connectivity index (χ1n) is 8.45. The van der Waals surface area contributed by atoms with Gasteiger partial charge in [-0.1, -0.05) is 24.2 Å². The van der Waals surface area contributed by atoms with Gasteiger partial charge in [0.25, 0.3) is 0 Å². The van der Waals surface area contributed by atoms with Crippen LogP contribution in [0.1, 0.15) is 31.2 Å². The summed E-state index contributed by atoms with van der Waals surface area (Å²) in [6.45, 7) is 3.27. The minimum Gasteiger partial charge on any atom is -0.494 e. The van der Waals surface area contributed by atoms with Crippen LogP contribution in [0.4, 0.5) is 0 Å². The summed E-state index contributed by atoms with van der Waals surface area (Å²) in [4.78, 5) is 2.48. The van der Waals surface area contributed by atoms with Crippen molar-refractivity contribution in [1.82, 2.24) is 25.1 Å². The van der Waals surface area contributed by atoms with Gasteiger partial charge in [-0.3, -0.25) is 0 Å². The predicted octanol–water partition coefficient (Wildman–Crippen LogP) is 2.95. The van der Waals surface area contributed by atoms with Crippen LogP contribution in [0.5, 0.6) is 5.75 Å². The summed E-state index contributed by atoms with van der Waals surface area (Å²) in [5.41, 5.74) is 2.04. The Kier molecular flexibility index (Phi) is 5.73. The Bertz CT molecular complexity index is 675. The van der Waals surface area contributed by atoms with E-state index in [2.05, 4.69) is 34.4 Å². The number of hydrogen-bond acceptors (Lipinski definition) is 6. The molecule has 0 spiro atoms. The van der Waals surface area contributed by atoms with Gasteiger partial charge in [-0.2, -0.15) is 4.68 Å². The lowest BCUT2D eigenvalue weighted by atomic mass is 10.0. The summed E-state index contributed by atoms with van der Waals surface area (Å²) in [6.07, 6.45) is 5.14. The van der Waals surface area contributed by atoms with Gasteiger partial charge in [0.05, 0.1) is 7.11 Å². The van der Waals surface area contributed by atoms with Crippen LogP contribution in [-0.2, 0) is 0 Å². The summed E-state index contributed by atoms with van der Waals surface area (Å²) in [7, 11) is 3.90. The Morgan fingerprint density at radius 3 is 3.00 bits per heavy atom. The highest BCUT2D eigenvalue weighted by atomic mass is 32.2. The van der Waals surface area contributed by atoms with Gasteiger partial charge in [-0.05, 0) is 67.9 Å². The summed E-state index contributed by atoms with van der Waals surface area (Å²) in [6, 6.07) is 6.72. The lowest BCUT2D eigenvalue weighted by Gasteiger charge is -2.32. The normalized spacial score (nSPS) is 18.7. The number of piperidine rings is 1. The molecule has 24 heavy (non-hydrogen) atoms. The fourth-order valence-electron chi connectivity index (χ4n) is 3.18. The number of rotatable bonds is 6. The fraction of sp³-hybridized carbons (Fsp3) is 0.588. The molecule has 0 saturated carbocycles. The van der Waals surface area contributed by atoms with Crippen molar-refractivity contribution >= 4 is 11.8 Å². The second-order valence-corrected chi connectivity index (χ2v) is 7.38. The average molecular weight is 347 g/mol. The Balaban J connectivity index is 1.68. The number of benzene rings is 1. The lowest BCUT2D eigenvalue weighted by Crippen LogP contribution is -2.36. The molecule has 2 heterocycles. The molecule has 0 N–H and O–H groups in total. The zero-order valence-electron chi connectivity index (χ0n) is 14.6. The fourth-order valence-corrected chi connectivity index (χ4v) is 4.10. The van der Waals surface area contributed by atoms with Crippen LogP contribution in [0.2, 0.25) is 0 Å². The largest absolute Gasteiger partial charge is 0.494 e. The van der Waals surface area contributed by atoms with Crippen LogP contribution in [-0.4, -0.2) is 57.6 Å². The Morgan fingerprint density at radius 2 is 2.21 bits per heavy atom. The molecule has 1 saturated heterocycles. The Hall–Kier alpha value is -1.60. The van der Waals surface area contributed by atoms with Crippen molar-refractivity contribution in [1.29, 1.82) is 0 Å². The van der Waals surface area contributed by atoms with E-state index in [1.54, 1.807) is 23.6 Å². The molecule has 0 amide bonds. The molecule has 1 aromatic carbocycles. The monoisotopic (exact) mass is 347 g/mol. The van der Waals surface area contributed by atoms with Crippen molar-refractivity contribution in [3.63, 3.8) is 0 Å². The van der Waals surface area contributed by atoms with Gasteiger partial charge in [0.15, 0.2) is 0 Å². The van der Waals surface area contributed by atoms with E-state index in [4.69, 9.17) is 4.74 Å². The van der Waals surface area contributed by atoms with Gasteiger partial charge in [-0.15, -0.1) is 5.10 Å². The summed E-state index contributed by atoms with van der Waals surface area (Å²) < 4.78 is 7.24. The number of hydrogen-bond donors (Lipinski definition) is 0. The minimum absolute atomic E-state index is 0.684. The molecule has 2 aromatic rings. The van der Waals surface area contributed by atoms with Crippen LogP contribution >= 0.6 is 11.8 Å². The van der Waals surface area contributed by atoms with Crippen LogP contribution in [0.3, 0.4) is 0 Å². The van der Waals surface area contributed by atoms with Crippen molar-refractivity contribution in [2.24, 2.45) is 0 Å². The highest BCUT2D eigenvalue weighted by Gasteiger charge is 2.19. The first-order valence-corrected chi connectivity index (χ1v) is 9.44. The number of nitrogens with zero attached hydrogens (tertiary/aromatic N) is 5. The van der Waals surface area contributed by atoms with Gasteiger partial charge in [-0.25, -0.2) is 0 Å². The molecular weight excluding hydrogens is 322 g/mol. The molecule has 3 rings (SSSR count). The molecule has 1 fully saturated rings. The van der Waals surface area contributed by atoms with Gasteiger partial charge >= 0.3 is 0 Å². The number of aryl methyl sites for hydroxylation is 1. The van der Waals surface area contributed by atoms with E-state index in [-0.39, 0.29) is 0 Å². The molecular formula is C17H25N5OS. The molecule has 1 aliphatic rings. The van der Waals surface area contributed by atoms with E-state index in [1.165, 1.54) is 32.2 Å². The van der Waals surface area contributed by atoms with Crippen molar-refractivity contribution in [2.75, 3.05) is 26.5 Å². The molecule has 0 radical (unpaired) electrons. The van der Waals surface area contributed by atoms with E-state index in [9.17, 15) is 0 Å². The molecule has 6 nitrogen and oxygen atoms in total. The van der Waals surface area contributed by atoms with Gasteiger partial charge in [0.2, 0.25) is 5.16 Å². The maximum Gasteiger partial charge on any atom is 0.214 e. The molecule has 0 unspecified atom stereocenters. The zero-order chi connectivity index (χ0) is 16.9. The third-order valence-electron chi connectivity index (χ3n) is 4.61. The highest BCUT2D eigenvalue weighted by molar-refractivity contribution is 7.99. The molecule has 130 valence electrons. The van der Waals surface area contributed by atoms with Crippen LogP contribution < -0.4 is 4.74 Å². The Labute approximate surface area is 147 Å². The quantitative estimate of drug-likeness (QED) is 0.749. The summed E-state index contributed by atoms with van der Waals surface area (Å²) >= 11 is 1.71. The third-order valence-corrected chi connectivity index (χ3v) is 5.56. The van der Waals surface area contributed by atoms with E-state index in [1.807, 2.05) is 18.2 Å². The number of ether oxygens (including phenoxy) is 1. The molecule has 1 atom stereocenters. The molecule has 1 aliphatic heterocycles. The summed E-state index contributed by atoms with van der Waals surface area (Å²) in [5, 5.41) is 13.0. The van der Waals surface area contributed by atoms with Crippen LogP contribution in [0.25, 0.3) is 5.69 Å². The number of methoxy groups -OCH3 is 1. The van der Waals surface area contributed by atoms with Crippen LogP contribution in [0, 0.1) is 6.92 Å². The van der Waals surface area contributed by atoms with Crippen molar-refractivity contribution in [2.45, 2.75) is 43.8 Å². The van der Waals surface area contributed by atoms with E-state index >= 15 is 0 Å². The lowest BCUT2D eigenvalue weighted by molar-refractivity contribution is 0.182. The first kappa shape index (κ1) is 17.2. The standard InChI is InChI=1S/C17H25N5OS/c1-13-7-8-16(23-3)15(12-13)22-17(18-19-20-22)24-11-9-14-6-4-5-10-21(14)2/h7-8,12,14H,4-6,9-11H2,1-3H3/t14-/m0/s1. The maximum absolute atomic E-state index is 5.46. The average Bonchev–Trinajstić information content (AvgIpc) is 3.05. The highest BCUT2D eigenvalue weighted by Crippen LogP contribution is 2.28. The molecule has 0 bridgehead atoms. The van der Waals surface area contributed by atoms with Crippen molar-refractivity contribution in [3.05, 3.63) is 23.8 Å². The van der Waals surface area contributed by atoms with Crippen molar-refractivity contribution in [3.8, 4) is 11.4 Å². The second-order valence-electron chi connectivity index (χ2n) is 6.32. The van der Waals surface area contributed by atoms with Gasteiger partial charge in [0.1, 0.15) is 11.4 Å². The predicted molar refractivity (Wildman–Crippen MR) is 96.1 cm³/mol. The SMILES string of the molecule is COc1ccc(C)cc1-n1nnnc1SCC[C@@H]1CCCCN1C. The Morgan fingerprint density at radius 1 is 1.33 bits per heavy atom. The maximum atomic E-state index is 5.46. The van der Waals surface area contributed by atoms with Crippen molar-refractivity contribution < 1.29 is 4.74 Å². The molecule has 1 aromatic heterocycles. The minimum atomic E-state index is 0.684. The van der Waals surface area contributed by atoms with E-state index in [0.717, 1.165) is 27.9 Å². The second kappa shape index (κ2) is 7.98. The zero-order valence-corrected chi connectivity index (χ0v) is 15.4.